The Balaban J connectivity index is 1.37. The van der Waals surface area contributed by atoms with Crippen molar-refractivity contribution in [3.05, 3.63) is 35.9 Å². The summed E-state index contributed by atoms with van der Waals surface area (Å²) in [5.74, 6) is -0.703. The maximum atomic E-state index is 12.3. The molecule has 5 heterocycles. The fourth-order valence-corrected chi connectivity index (χ4v) is 12.6. The van der Waals surface area contributed by atoms with Crippen LogP contribution in [0.25, 0.3) is 0 Å². The number of aliphatic hydroxyl groups is 1. The van der Waals surface area contributed by atoms with Gasteiger partial charge in [-0.05, 0) is 70.0 Å². The van der Waals surface area contributed by atoms with Gasteiger partial charge in [-0.15, -0.1) is 0 Å². The molecule has 0 saturated carbocycles. The van der Waals surface area contributed by atoms with Crippen molar-refractivity contribution in [3.63, 3.8) is 0 Å². The molecule has 86 heavy (non-hydrogen) atoms. The second-order valence-electron chi connectivity index (χ2n) is 26.2. The molecule has 18 nitrogen and oxygen atoms in total. The van der Waals surface area contributed by atoms with Crippen molar-refractivity contribution in [3.8, 4) is 0 Å². The molecule has 500 valence electrons. The quantitative estimate of drug-likeness (QED) is 0.0486. The fourth-order valence-electron chi connectivity index (χ4n) is 11.4. The van der Waals surface area contributed by atoms with Crippen molar-refractivity contribution >= 4 is 8.32 Å². The van der Waals surface area contributed by atoms with Crippen LogP contribution < -0.4 is 0 Å². The molecule has 1 aromatic rings. The van der Waals surface area contributed by atoms with Crippen LogP contribution >= 0.6 is 0 Å². The van der Waals surface area contributed by atoms with E-state index in [1.165, 1.54) is 0 Å². The van der Waals surface area contributed by atoms with E-state index in [1.807, 2.05) is 37.3 Å². The Morgan fingerprint density at radius 1 is 0.477 bits per heavy atom. The zero-order valence-corrected chi connectivity index (χ0v) is 56.9. The first-order chi connectivity index (χ1) is 41.5. The van der Waals surface area contributed by atoms with Crippen LogP contribution in [-0.4, -0.2) is 190 Å². The summed E-state index contributed by atoms with van der Waals surface area (Å²) in [4.78, 5) is 0. The van der Waals surface area contributed by atoms with Gasteiger partial charge in [0, 0.05) is 63.6 Å². The number of hydrogen-bond acceptors (Lipinski definition) is 18. The molecular formula is C67H120O18Si. The van der Waals surface area contributed by atoms with Crippen LogP contribution in [0.5, 0.6) is 0 Å². The smallest absolute Gasteiger partial charge is 0.195 e. The Morgan fingerprint density at radius 3 is 1.49 bits per heavy atom. The summed E-state index contributed by atoms with van der Waals surface area (Å²) < 4.78 is 117. The summed E-state index contributed by atoms with van der Waals surface area (Å²) in [5, 5.41) is 12.2. The molecule has 5 aliphatic heterocycles. The highest BCUT2D eigenvalue weighted by Crippen LogP contribution is 2.44. The number of fused-ring (bicyclic) bond motifs is 1. The van der Waals surface area contributed by atoms with Crippen molar-refractivity contribution in [2.45, 2.75) is 315 Å². The highest BCUT2D eigenvalue weighted by molar-refractivity contribution is 6.74. The van der Waals surface area contributed by atoms with E-state index < -0.39 is 119 Å². The summed E-state index contributed by atoms with van der Waals surface area (Å²) in [7, 11) is -2.43. The van der Waals surface area contributed by atoms with Crippen LogP contribution in [0.15, 0.2) is 30.3 Å². The van der Waals surface area contributed by atoms with Gasteiger partial charge in [-0.25, -0.2) is 0 Å². The number of benzene rings is 1. The molecule has 19 heteroatoms. The van der Waals surface area contributed by atoms with Gasteiger partial charge in [0.15, 0.2) is 39.8 Å². The van der Waals surface area contributed by atoms with E-state index in [2.05, 4.69) is 96.2 Å². The van der Waals surface area contributed by atoms with Gasteiger partial charge in [-0.2, -0.15) is 0 Å². The molecule has 10 unspecified atom stereocenters. The van der Waals surface area contributed by atoms with E-state index in [9.17, 15) is 5.11 Å². The van der Waals surface area contributed by atoms with Gasteiger partial charge in [0.1, 0.15) is 67.1 Å². The minimum absolute atomic E-state index is 0.0473. The lowest BCUT2D eigenvalue weighted by atomic mass is 9.89. The Hall–Kier alpha value is -1.28. The van der Waals surface area contributed by atoms with E-state index in [0.29, 0.717) is 46.2 Å². The summed E-state index contributed by atoms with van der Waals surface area (Å²) >= 11 is 0. The van der Waals surface area contributed by atoms with Crippen molar-refractivity contribution < 1.29 is 85.3 Å². The van der Waals surface area contributed by atoms with Gasteiger partial charge in [-0.3, -0.25) is 0 Å². The molecule has 21 atom stereocenters. The van der Waals surface area contributed by atoms with Crippen LogP contribution in [0.3, 0.4) is 0 Å². The highest BCUT2D eigenvalue weighted by atomic mass is 28.4. The van der Waals surface area contributed by atoms with E-state index in [1.54, 1.807) is 0 Å². The van der Waals surface area contributed by atoms with Gasteiger partial charge >= 0.3 is 0 Å². The maximum Gasteiger partial charge on any atom is 0.195 e. The number of hydrogen-bond donors (Lipinski definition) is 1. The minimum atomic E-state index is -2.43. The van der Waals surface area contributed by atoms with Crippen LogP contribution in [0.2, 0.25) is 18.1 Å². The summed E-state index contributed by atoms with van der Waals surface area (Å²) in [5.41, 5.74) is 0.853. The summed E-state index contributed by atoms with van der Waals surface area (Å²) in [6.45, 7) is 36.5. The van der Waals surface area contributed by atoms with Gasteiger partial charge in [-0.1, -0.05) is 158 Å². The predicted molar refractivity (Wildman–Crippen MR) is 332 cm³/mol. The Labute approximate surface area is 520 Å². The number of unbranched alkanes of at least 4 members (excludes halogenated alkanes) is 7. The first-order valence-corrected chi connectivity index (χ1v) is 36.9. The average Bonchev–Trinajstić information content (AvgIpc) is 0.878. The average molecular weight is 1240 g/mol. The normalized spacial score (nSPS) is 35.4. The zero-order valence-electron chi connectivity index (χ0n) is 55.9. The lowest BCUT2D eigenvalue weighted by Gasteiger charge is -2.52. The fraction of sp³-hybridized carbons (Fsp3) is 0.910. The molecule has 5 fully saturated rings. The molecule has 0 spiro atoms. The minimum Gasteiger partial charge on any atom is -0.392 e. The van der Waals surface area contributed by atoms with Gasteiger partial charge in [0.2, 0.25) is 0 Å². The first-order valence-electron chi connectivity index (χ1n) is 34.0. The Morgan fingerprint density at radius 2 is 0.942 bits per heavy atom. The van der Waals surface area contributed by atoms with Crippen molar-refractivity contribution in [2.24, 2.45) is 11.8 Å². The lowest BCUT2D eigenvalue weighted by molar-refractivity contribution is -0.394. The number of rotatable bonds is 39. The SMILES string of the molecule is CCCCOCC1O[C@@H](O[C@@H]2C(CO[C@@H]3O[C@@H](C)[C@@H](OCCCC)C(OCCCC)C3OCCCC)O[C@H](O[Si](C)(C)C(C)(C)C)C(C)[C@H]2OCCCC)[C@@H](C)C(OCCCC)[C@@H]1O[C@@H]1OC2COC(c3ccccc3)O[C@H]2C(O)C1OCCCC. The number of ether oxygens (including phenoxy) is 16. The summed E-state index contributed by atoms with van der Waals surface area (Å²) in [6.07, 6.45) is -0.576. The molecule has 5 aliphatic rings. The molecule has 5 saturated heterocycles. The van der Waals surface area contributed by atoms with E-state index in [-0.39, 0.29) is 43.0 Å². The molecule has 1 N–H and O–H groups in total. The maximum absolute atomic E-state index is 12.3. The molecule has 6 rings (SSSR count). The highest BCUT2D eigenvalue weighted by Gasteiger charge is 2.57. The predicted octanol–water partition coefficient (Wildman–Crippen LogP) is 12.4. The van der Waals surface area contributed by atoms with Crippen molar-refractivity contribution in [2.75, 3.05) is 66.1 Å². The zero-order chi connectivity index (χ0) is 62.2. The van der Waals surface area contributed by atoms with Gasteiger partial charge in [0.05, 0.1) is 38.1 Å². The Bertz CT molecular complexity index is 1940. The van der Waals surface area contributed by atoms with Crippen LogP contribution in [0.4, 0.5) is 0 Å². The molecule has 0 aromatic heterocycles. The monoisotopic (exact) mass is 1240 g/mol. The van der Waals surface area contributed by atoms with Crippen LogP contribution in [0.1, 0.15) is 192 Å². The molecule has 1 aromatic carbocycles. The third kappa shape index (κ3) is 20.9. The second-order valence-corrected chi connectivity index (χ2v) is 31.0. The largest absolute Gasteiger partial charge is 0.392 e. The standard InChI is InChI=1S/C67H120O18Si/c1-16-23-35-69-42-49-57(84-66-59(73-39-27-20-5)52(68)56-50(81-66)43-76-64(82-56)48-33-31-30-32-34-48)53(70-36-24-17-2)45(8)62(79-49)83-58-51(80-63(85-86(14,15)67(11,12)13)46(9)54(58)71-37-25-18-3)44-77-65-61(75-41-29-22-7)60(74-40-28-21-6)55(47(10)78-65)72-38-26-19-4/h30-34,45-47,49-66,68H,16-29,35-44H2,1-15H3/t45-,46?,47-,49?,50?,51?,52?,53?,54+,55+,56+,57+,58+,59?,60?,61?,62-,63+,64?,65+,66-/m0/s1. The number of aliphatic hydroxyl groups excluding tert-OH is 1. The molecule has 0 radical (unpaired) electrons. The molecule has 0 bridgehead atoms. The molecule has 0 amide bonds. The van der Waals surface area contributed by atoms with E-state index >= 15 is 0 Å². The third-order valence-electron chi connectivity index (χ3n) is 18.0. The van der Waals surface area contributed by atoms with Crippen LogP contribution in [-0.2, 0) is 80.2 Å². The topological polar surface area (TPSA) is 177 Å². The molecular weight excluding hydrogens is 1120 g/mol. The molecule has 0 aliphatic carbocycles. The lowest BCUT2D eigenvalue weighted by Crippen LogP contribution is -2.66. The van der Waals surface area contributed by atoms with Crippen LogP contribution in [0, 0.1) is 11.8 Å². The van der Waals surface area contributed by atoms with E-state index in [4.69, 9.17) is 80.2 Å². The summed E-state index contributed by atoms with van der Waals surface area (Å²) in [6, 6.07) is 9.74. The van der Waals surface area contributed by atoms with Crippen molar-refractivity contribution in [1.82, 2.24) is 0 Å². The first kappa shape index (κ1) is 73.8. The van der Waals surface area contributed by atoms with Gasteiger partial charge in [0.25, 0.3) is 0 Å². The van der Waals surface area contributed by atoms with Gasteiger partial charge < -0.3 is 85.3 Å². The second kappa shape index (κ2) is 38.0. The van der Waals surface area contributed by atoms with E-state index in [0.717, 1.165) is 95.5 Å². The third-order valence-corrected chi connectivity index (χ3v) is 22.4. The van der Waals surface area contributed by atoms with Crippen molar-refractivity contribution in [1.29, 1.82) is 0 Å². The Kier molecular flexibility index (Phi) is 32.6.